The highest BCUT2D eigenvalue weighted by Gasteiger charge is 2.23. The molecule has 0 unspecified atom stereocenters. The molecule has 4 aromatic rings. The fraction of sp³-hybridized carbons (Fsp3) is 0.188. The zero-order valence-corrected chi connectivity index (χ0v) is 21.9. The van der Waals surface area contributed by atoms with Crippen LogP contribution in [-0.4, -0.2) is 25.7 Å². The Bertz CT molecular complexity index is 1370. The van der Waals surface area contributed by atoms with Gasteiger partial charge in [-0.25, -0.2) is 4.79 Å². The third-order valence-corrected chi connectivity index (χ3v) is 6.28. The minimum Gasteiger partial charge on any atom is -0.497 e. The Morgan fingerprint density at radius 3 is 1.50 bits per heavy atom. The molecule has 194 valence electrons. The van der Waals surface area contributed by atoms with Gasteiger partial charge in [-0.3, -0.25) is 4.79 Å². The summed E-state index contributed by atoms with van der Waals surface area (Å²) in [5.74, 6) is 1.48. The highest BCUT2D eigenvalue weighted by molar-refractivity contribution is 5.74. The summed E-state index contributed by atoms with van der Waals surface area (Å²) in [6.45, 7) is 5.44. The topological polar surface area (TPSA) is 71.1 Å². The van der Waals surface area contributed by atoms with E-state index >= 15 is 0 Å². The third kappa shape index (κ3) is 6.59. The lowest BCUT2D eigenvalue weighted by atomic mass is 9.78. The summed E-state index contributed by atoms with van der Waals surface area (Å²) in [5.41, 5.74) is 3.95. The van der Waals surface area contributed by atoms with Crippen LogP contribution in [0.1, 0.15) is 31.9 Å². The van der Waals surface area contributed by atoms with Crippen LogP contribution in [0.4, 0.5) is 0 Å². The molecule has 38 heavy (non-hydrogen) atoms. The summed E-state index contributed by atoms with van der Waals surface area (Å²) in [5, 5.41) is 0. The van der Waals surface area contributed by atoms with Crippen LogP contribution in [0.15, 0.2) is 97.1 Å². The number of carbonyl (C=O) groups is 2. The van der Waals surface area contributed by atoms with Crippen LogP contribution in [0.2, 0.25) is 0 Å². The molecule has 6 nitrogen and oxygen atoms in total. The van der Waals surface area contributed by atoms with Crippen molar-refractivity contribution < 1.29 is 28.5 Å². The summed E-state index contributed by atoms with van der Waals surface area (Å²) in [4.78, 5) is 23.4. The van der Waals surface area contributed by atoms with Gasteiger partial charge in [0.1, 0.15) is 23.0 Å². The Morgan fingerprint density at radius 2 is 1.03 bits per heavy atom. The number of ether oxygens (including phenoxy) is 4. The fourth-order valence-electron chi connectivity index (χ4n) is 4.04. The molecule has 0 spiro atoms. The van der Waals surface area contributed by atoms with Gasteiger partial charge < -0.3 is 18.9 Å². The first kappa shape index (κ1) is 26.5. The van der Waals surface area contributed by atoms with E-state index in [0.717, 1.165) is 28.0 Å². The molecule has 0 radical (unpaired) electrons. The zero-order valence-electron chi connectivity index (χ0n) is 21.9. The van der Waals surface area contributed by atoms with Crippen LogP contribution in [-0.2, 0) is 15.0 Å². The van der Waals surface area contributed by atoms with Crippen molar-refractivity contribution in [3.05, 3.63) is 108 Å². The molecular formula is C32H30O6. The average molecular weight is 511 g/mol. The Hall–Kier alpha value is -4.58. The van der Waals surface area contributed by atoms with E-state index in [4.69, 9.17) is 18.9 Å². The molecule has 0 N–H and O–H groups in total. The Kier molecular flexibility index (Phi) is 8.12. The molecule has 0 aliphatic rings. The maximum absolute atomic E-state index is 12.4. The van der Waals surface area contributed by atoms with Gasteiger partial charge in [-0.05, 0) is 70.8 Å². The first-order valence-corrected chi connectivity index (χ1v) is 12.2. The Labute approximate surface area is 222 Å². The molecular weight excluding hydrogens is 480 g/mol. The molecule has 0 aliphatic carbocycles. The molecule has 0 amide bonds. The van der Waals surface area contributed by atoms with Gasteiger partial charge in [0.15, 0.2) is 6.61 Å². The van der Waals surface area contributed by atoms with Gasteiger partial charge in [-0.2, -0.15) is 0 Å². The van der Waals surface area contributed by atoms with Gasteiger partial charge >= 0.3 is 11.9 Å². The van der Waals surface area contributed by atoms with E-state index in [1.807, 2.05) is 48.5 Å². The number of carbonyl (C=O) groups excluding carboxylic acids is 2. The SMILES string of the molecule is COc1ccc(C(C)(C)c2ccc(OC(=O)COc3ccc(-c4ccc(OC(C)=O)cc4)cc3)cc2)cc1. The highest BCUT2D eigenvalue weighted by atomic mass is 16.6. The van der Waals surface area contributed by atoms with Crippen LogP contribution in [0, 0.1) is 0 Å². The lowest BCUT2D eigenvalue weighted by molar-refractivity contribution is -0.136. The van der Waals surface area contributed by atoms with Crippen molar-refractivity contribution in [1.29, 1.82) is 0 Å². The number of benzene rings is 4. The number of esters is 2. The second-order valence-corrected chi connectivity index (χ2v) is 9.28. The molecule has 0 saturated heterocycles. The Morgan fingerprint density at radius 1 is 0.605 bits per heavy atom. The largest absolute Gasteiger partial charge is 0.497 e. The van der Waals surface area contributed by atoms with Crippen molar-refractivity contribution in [3.63, 3.8) is 0 Å². The summed E-state index contributed by atoms with van der Waals surface area (Å²) < 4.78 is 21.4. The summed E-state index contributed by atoms with van der Waals surface area (Å²) in [6.07, 6.45) is 0. The monoisotopic (exact) mass is 510 g/mol. The van der Waals surface area contributed by atoms with Crippen molar-refractivity contribution in [1.82, 2.24) is 0 Å². The fourth-order valence-corrected chi connectivity index (χ4v) is 4.04. The quantitative estimate of drug-likeness (QED) is 0.187. The van der Waals surface area contributed by atoms with E-state index in [-0.39, 0.29) is 18.0 Å². The summed E-state index contributed by atoms with van der Waals surface area (Å²) in [6, 6.07) is 30.1. The minimum atomic E-state index is -0.489. The van der Waals surface area contributed by atoms with E-state index in [2.05, 4.69) is 26.0 Å². The van der Waals surface area contributed by atoms with E-state index < -0.39 is 5.97 Å². The molecule has 0 bridgehead atoms. The van der Waals surface area contributed by atoms with Crippen molar-refractivity contribution >= 4 is 11.9 Å². The van der Waals surface area contributed by atoms with Crippen LogP contribution < -0.4 is 18.9 Å². The average Bonchev–Trinajstić information content (AvgIpc) is 2.93. The van der Waals surface area contributed by atoms with Gasteiger partial charge in [-0.15, -0.1) is 0 Å². The van der Waals surface area contributed by atoms with Crippen molar-refractivity contribution in [2.75, 3.05) is 13.7 Å². The predicted molar refractivity (Wildman–Crippen MR) is 146 cm³/mol. The second-order valence-electron chi connectivity index (χ2n) is 9.28. The number of hydrogen-bond acceptors (Lipinski definition) is 6. The van der Waals surface area contributed by atoms with Crippen LogP contribution in [0.25, 0.3) is 11.1 Å². The van der Waals surface area contributed by atoms with E-state index in [0.29, 0.717) is 17.2 Å². The lowest BCUT2D eigenvalue weighted by Gasteiger charge is -2.26. The minimum absolute atomic E-state index is 0.213. The molecule has 0 fully saturated rings. The van der Waals surface area contributed by atoms with Gasteiger partial charge in [-0.1, -0.05) is 62.4 Å². The van der Waals surface area contributed by atoms with Crippen LogP contribution in [0.5, 0.6) is 23.0 Å². The van der Waals surface area contributed by atoms with Crippen molar-refractivity contribution in [3.8, 4) is 34.1 Å². The summed E-state index contributed by atoms with van der Waals surface area (Å²) in [7, 11) is 1.65. The maximum Gasteiger partial charge on any atom is 0.349 e. The van der Waals surface area contributed by atoms with Crippen molar-refractivity contribution in [2.24, 2.45) is 0 Å². The molecule has 0 heterocycles. The standard InChI is InChI=1S/C32H30O6/c1-22(33)37-29-15-7-24(8-16-29)23-5-13-28(14-6-23)36-21-31(34)38-30-19-11-26(12-20-30)32(2,3)25-9-17-27(35-4)18-10-25/h5-20H,21H2,1-4H3. The molecule has 0 saturated carbocycles. The summed E-state index contributed by atoms with van der Waals surface area (Å²) >= 11 is 0. The van der Waals surface area contributed by atoms with Gasteiger partial charge in [0.2, 0.25) is 0 Å². The maximum atomic E-state index is 12.4. The van der Waals surface area contributed by atoms with E-state index in [9.17, 15) is 9.59 Å². The highest BCUT2D eigenvalue weighted by Crippen LogP contribution is 2.33. The molecule has 0 aromatic heterocycles. The normalized spacial score (nSPS) is 10.9. The number of hydrogen-bond donors (Lipinski definition) is 0. The molecule has 0 atom stereocenters. The van der Waals surface area contributed by atoms with Crippen LogP contribution in [0.3, 0.4) is 0 Å². The second kappa shape index (κ2) is 11.6. The molecule has 4 rings (SSSR count). The number of rotatable bonds is 9. The van der Waals surface area contributed by atoms with Gasteiger partial charge in [0, 0.05) is 12.3 Å². The van der Waals surface area contributed by atoms with Crippen LogP contribution >= 0.6 is 0 Å². The molecule has 4 aromatic carbocycles. The molecule has 0 aliphatic heterocycles. The number of methoxy groups -OCH3 is 1. The third-order valence-electron chi connectivity index (χ3n) is 6.28. The molecule has 6 heteroatoms. The first-order chi connectivity index (χ1) is 18.2. The van der Waals surface area contributed by atoms with Crippen molar-refractivity contribution in [2.45, 2.75) is 26.2 Å². The van der Waals surface area contributed by atoms with E-state index in [1.165, 1.54) is 6.92 Å². The smallest absolute Gasteiger partial charge is 0.349 e. The first-order valence-electron chi connectivity index (χ1n) is 12.2. The lowest BCUT2D eigenvalue weighted by Crippen LogP contribution is -2.19. The Balaban J connectivity index is 1.30. The van der Waals surface area contributed by atoms with E-state index in [1.54, 1.807) is 43.5 Å². The zero-order chi connectivity index (χ0) is 27.1. The van der Waals surface area contributed by atoms with Gasteiger partial charge in [0.25, 0.3) is 0 Å². The van der Waals surface area contributed by atoms with Gasteiger partial charge in [0.05, 0.1) is 7.11 Å². The predicted octanol–water partition coefficient (Wildman–Crippen LogP) is 6.60.